The van der Waals surface area contributed by atoms with Gasteiger partial charge in [0, 0.05) is 19.3 Å². The van der Waals surface area contributed by atoms with Crippen LogP contribution in [0.1, 0.15) is 265 Å². The van der Waals surface area contributed by atoms with Crippen LogP contribution in [-0.2, 0) is 28.6 Å². The molecule has 0 radical (unpaired) electrons. The molecule has 0 aliphatic rings. The van der Waals surface area contributed by atoms with Crippen molar-refractivity contribution < 1.29 is 28.6 Å². The predicted molar refractivity (Wildman–Crippen MR) is 297 cm³/mol. The minimum absolute atomic E-state index is 0.0994. The summed E-state index contributed by atoms with van der Waals surface area (Å²) in [5.41, 5.74) is 0. The Balaban J connectivity index is 4.33. The summed E-state index contributed by atoms with van der Waals surface area (Å²) in [7, 11) is 0. The van der Waals surface area contributed by atoms with Crippen molar-refractivity contribution in [2.24, 2.45) is 0 Å². The summed E-state index contributed by atoms with van der Waals surface area (Å²) < 4.78 is 16.8. The lowest BCUT2D eigenvalue weighted by Crippen LogP contribution is -2.30. The fourth-order valence-corrected chi connectivity index (χ4v) is 7.71. The molecule has 6 nitrogen and oxygen atoms in total. The van der Waals surface area contributed by atoms with Crippen molar-refractivity contribution in [1.29, 1.82) is 0 Å². The Kier molecular flexibility index (Phi) is 53.9. The highest BCUT2D eigenvalue weighted by atomic mass is 16.6. The van der Waals surface area contributed by atoms with E-state index in [4.69, 9.17) is 14.2 Å². The van der Waals surface area contributed by atoms with E-state index in [0.717, 1.165) is 103 Å². The van der Waals surface area contributed by atoms with Gasteiger partial charge in [-0.3, -0.25) is 14.4 Å². The van der Waals surface area contributed by atoms with Crippen LogP contribution in [0.2, 0.25) is 0 Å². The van der Waals surface area contributed by atoms with Gasteiger partial charge in [-0.25, -0.2) is 0 Å². The van der Waals surface area contributed by atoms with E-state index in [1.165, 1.54) is 116 Å². The fourth-order valence-electron chi connectivity index (χ4n) is 7.71. The Bertz CT molecular complexity index is 1380. The number of ether oxygens (including phenoxy) is 3. The van der Waals surface area contributed by atoms with Crippen LogP contribution < -0.4 is 0 Å². The zero-order valence-electron chi connectivity index (χ0n) is 45.0. The number of carbonyl (C=O) groups is 3. The number of esters is 3. The molecule has 0 heterocycles. The molecule has 0 aliphatic heterocycles. The molecule has 0 amide bonds. The summed E-state index contributed by atoms with van der Waals surface area (Å²) in [5.74, 6) is -0.955. The van der Waals surface area contributed by atoms with Gasteiger partial charge in [0.25, 0.3) is 0 Å². The highest BCUT2D eigenvalue weighted by Crippen LogP contribution is 2.14. The summed E-state index contributed by atoms with van der Waals surface area (Å²) in [4.78, 5) is 38.1. The first-order valence-corrected chi connectivity index (χ1v) is 28.7. The largest absolute Gasteiger partial charge is 0.462 e. The zero-order chi connectivity index (χ0) is 50.0. The van der Waals surface area contributed by atoms with E-state index in [0.29, 0.717) is 19.3 Å². The van der Waals surface area contributed by atoms with Crippen LogP contribution in [0.25, 0.3) is 0 Å². The van der Waals surface area contributed by atoms with Crippen molar-refractivity contribution in [3.8, 4) is 0 Å². The highest BCUT2D eigenvalue weighted by Gasteiger charge is 2.19. The predicted octanol–water partition coefficient (Wildman–Crippen LogP) is 19.3. The fraction of sp³-hybridized carbons (Fsp3) is 0.698. The van der Waals surface area contributed by atoms with Crippen LogP contribution in [0.15, 0.2) is 97.2 Å². The van der Waals surface area contributed by atoms with Gasteiger partial charge in [0.15, 0.2) is 6.10 Å². The Morgan fingerprint density at radius 2 is 0.580 bits per heavy atom. The molecule has 0 aromatic carbocycles. The van der Waals surface area contributed by atoms with E-state index < -0.39 is 6.10 Å². The molecule has 394 valence electrons. The second-order valence-electron chi connectivity index (χ2n) is 18.8. The monoisotopic (exact) mass is 959 g/mol. The van der Waals surface area contributed by atoms with E-state index in [-0.39, 0.29) is 37.5 Å². The van der Waals surface area contributed by atoms with Gasteiger partial charge in [0.05, 0.1) is 0 Å². The number of unbranched alkanes of at least 4 members (excludes halogenated alkanes) is 24. The first-order valence-electron chi connectivity index (χ1n) is 28.7. The second-order valence-corrected chi connectivity index (χ2v) is 18.8. The molecule has 0 N–H and O–H groups in total. The lowest BCUT2D eigenvalue weighted by Gasteiger charge is -2.18. The van der Waals surface area contributed by atoms with E-state index in [2.05, 4.69) is 118 Å². The minimum Gasteiger partial charge on any atom is -0.462 e. The summed E-state index contributed by atoms with van der Waals surface area (Å²) in [6, 6.07) is 0. The van der Waals surface area contributed by atoms with Gasteiger partial charge in [0.2, 0.25) is 0 Å². The van der Waals surface area contributed by atoms with Crippen LogP contribution in [0.5, 0.6) is 0 Å². The smallest absolute Gasteiger partial charge is 0.306 e. The summed E-state index contributed by atoms with van der Waals surface area (Å²) in [5, 5.41) is 0. The van der Waals surface area contributed by atoms with Gasteiger partial charge in [-0.05, 0) is 116 Å². The van der Waals surface area contributed by atoms with Gasteiger partial charge < -0.3 is 14.2 Å². The normalized spacial score (nSPS) is 12.8. The minimum atomic E-state index is -0.805. The highest BCUT2D eigenvalue weighted by molar-refractivity contribution is 5.71. The number of hydrogen-bond donors (Lipinski definition) is 0. The van der Waals surface area contributed by atoms with Crippen molar-refractivity contribution in [2.45, 2.75) is 271 Å². The number of carbonyl (C=O) groups excluding carboxylic acids is 3. The molecule has 0 saturated heterocycles. The van der Waals surface area contributed by atoms with Gasteiger partial charge in [-0.1, -0.05) is 227 Å². The van der Waals surface area contributed by atoms with Crippen molar-refractivity contribution in [3.05, 3.63) is 97.2 Å². The van der Waals surface area contributed by atoms with Crippen LogP contribution in [0, 0.1) is 0 Å². The molecule has 0 bridgehead atoms. The number of allylic oxidation sites excluding steroid dienone is 16. The van der Waals surface area contributed by atoms with Gasteiger partial charge in [0.1, 0.15) is 13.2 Å². The van der Waals surface area contributed by atoms with E-state index in [1.807, 2.05) is 0 Å². The second kappa shape index (κ2) is 56.9. The van der Waals surface area contributed by atoms with Crippen molar-refractivity contribution >= 4 is 17.9 Å². The third-order valence-electron chi connectivity index (χ3n) is 12.0. The molecule has 1 atom stereocenters. The molecule has 0 rings (SSSR count). The third kappa shape index (κ3) is 55.1. The molecular formula is C63H106O6. The van der Waals surface area contributed by atoms with Gasteiger partial charge in [-0.2, -0.15) is 0 Å². The maximum absolute atomic E-state index is 12.8. The third-order valence-corrected chi connectivity index (χ3v) is 12.0. The molecule has 6 heteroatoms. The number of rotatable bonds is 51. The SMILES string of the molecule is CC/C=C\C/C=C\C/C=C\C/C=C\CCCCC(=O)OC(COC(=O)CCCCCCC/C=C\CCCC)COC(=O)CCCCCCCCCCCC/C=C\C/C=C\C/C=C\CCCCCCC. The van der Waals surface area contributed by atoms with Gasteiger partial charge >= 0.3 is 17.9 Å². The van der Waals surface area contributed by atoms with Crippen LogP contribution in [0.3, 0.4) is 0 Å². The average molecular weight is 960 g/mol. The summed E-state index contributed by atoms with van der Waals surface area (Å²) in [6.07, 6.45) is 75.5. The quantitative estimate of drug-likeness (QED) is 0.0262. The Hall–Kier alpha value is -3.67. The first-order chi connectivity index (χ1) is 34.0. The lowest BCUT2D eigenvalue weighted by molar-refractivity contribution is -0.167. The van der Waals surface area contributed by atoms with Crippen LogP contribution in [0.4, 0.5) is 0 Å². The first kappa shape index (κ1) is 65.3. The maximum atomic E-state index is 12.8. The van der Waals surface area contributed by atoms with Crippen molar-refractivity contribution in [2.75, 3.05) is 13.2 Å². The standard InChI is InChI=1S/C63H106O6/c1-4-7-10-13-16-19-22-24-26-27-28-29-30-31-32-33-34-35-37-38-41-44-47-50-53-56-62(65)68-59-60(58-67-61(64)55-52-49-46-43-40-21-18-15-12-9-6-3)69-63(66)57-54-51-48-45-42-39-36-25-23-20-17-14-11-8-5-2/h8,11,15,17-18,20,22,24-25,27-28,30-31,36,42,45,60H,4-7,9-10,12-14,16,19,21,23,26,29,32-35,37-41,43-44,46-59H2,1-3H3/b11-8-,18-15-,20-17-,24-22-,28-27-,31-30-,36-25-,45-42-. The molecule has 1 unspecified atom stereocenters. The van der Waals surface area contributed by atoms with Crippen molar-refractivity contribution in [3.63, 3.8) is 0 Å². The average Bonchev–Trinajstić information content (AvgIpc) is 3.35. The lowest BCUT2D eigenvalue weighted by atomic mass is 10.1. The van der Waals surface area contributed by atoms with Crippen LogP contribution in [-0.4, -0.2) is 37.2 Å². The Morgan fingerprint density at radius 3 is 0.971 bits per heavy atom. The van der Waals surface area contributed by atoms with E-state index in [9.17, 15) is 14.4 Å². The Labute approximate surface area is 426 Å². The maximum Gasteiger partial charge on any atom is 0.306 e. The molecule has 69 heavy (non-hydrogen) atoms. The molecule has 0 saturated carbocycles. The summed E-state index contributed by atoms with van der Waals surface area (Å²) in [6.45, 7) is 6.43. The van der Waals surface area contributed by atoms with Crippen LogP contribution >= 0.6 is 0 Å². The topological polar surface area (TPSA) is 78.9 Å². The molecule has 0 fully saturated rings. The molecule has 0 aliphatic carbocycles. The number of hydrogen-bond acceptors (Lipinski definition) is 6. The Morgan fingerprint density at radius 1 is 0.304 bits per heavy atom. The molecular weight excluding hydrogens is 853 g/mol. The van der Waals surface area contributed by atoms with Gasteiger partial charge in [-0.15, -0.1) is 0 Å². The molecule has 0 aromatic heterocycles. The van der Waals surface area contributed by atoms with E-state index >= 15 is 0 Å². The zero-order valence-corrected chi connectivity index (χ0v) is 45.0. The summed E-state index contributed by atoms with van der Waals surface area (Å²) >= 11 is 0. The van der Waals surface area contributed by atoms with Crippen molar-refractivity contribution in [1.82, 2.24) is 0 Å². The molecule has 0 spiro atoms. The van der Waals surface area contributed by atoms with E-state index in [1.54, 1.807) is 0 Å². The molecule has 0 aromatic rings.